The smallest absolute Gasteiger partial charge is 0.249 e. The van der Waals surface area contributed by atoms with Crippen molar-refractivity contribution in [2.45, 2.75) is 44.6 Å². The number of nitriles is 2. The highest BCUT2D eigenvalue weighted by molar-refractivity contribution is 5.78. The molecule has 1 saturated carbocycles. The standard InChI is InChI=1S/C24H23FN4O2/c25-22-10-17(12-26)9-21(11-22)23-5-6-31-29(23)24(30)20-3-1-16(2-4-20)7-18-8-19(13-27)15-28-14-18/h8-11,14-16,20,23H,1-7H2/t16-,20-,23-/m0/s1. The van der Waals surface area contributed by atoms with E-state index in [4.69, 9.17) is 15.4 Å². The Hall–Kier alpha value is -3.29. The molecule has 1 saturated heterocycles. The Kier molecular flexibility index (Phi) is 6.25. The summed E-state index contributed by atoms with van der Waals surface area (Å²) < 4.78 is 13.9. The summed E-state index contributed by atoms with van der Waals surface area (Å²) in [7, 11) is 0. The predicted octanol–water partition coefficient (Wildman–Crippen LogP) is 4.22. The fraction of sp³-hybridized carbons (Fsp3) is 0.417. The first-order valence-corrected chi connectivity index (χ1v) is 10.6. The molecule has 1 aromatic carbocycles. The number of carbonyl (C=O) groups is 1. The minimum atomic E-state index is -0.483. The third kappa shape index (κ3) is 4.73. The Labute approximate surface area is 180 Å². The first-order valence-electron chi connectivity index (χ1n) is 10.6. The van der Waals surface area contributed by atoms with E-state index in [0.717, 1.165) is 37.7 Å². The van der Waals surface area contributed by atoms with Gasteiger partial charge in [0, 0.05) is 24.7 Å². The van der Waals surface area contributed by atoms with Crippen LogP contribution in [0.4, 0.5) is 4.39 Å². The van der Waals surface area contributed by atoms with Crippen molar-refractivity contribution in [3.8, 4) is 12.1 Å². The minimum absolute atomic E-state index is 0.0585. The molecule has 2 fully saturated rings. The molecule has 2 aliphatic rings. The number of hydrogen-bond donors (Lipinski definition) is 0. The molecule has 2 aromatic rings. The second-order valence-corrected chi connectivity index (χ2v) is 8.30. The van der Waals surface area contributed by atoms with Gasteiger partial charge in [0.05, 0.1) is 29.8 Å². The highest BCUT2D eigenvalue weighted by atomic mass is 19.1. The van der Waals surface area contributed by atoms with Gasteiger partial charge in [-0.2, -0.15) is 10.5 Å². The van der Waals surface area contributed by atoms with Gasteiger partial charge < -0.3 is 0 Å². The topological polar surface area (TPSA) is 90.0 Å². The van der Waals surface area contributed by atoms with E-state index in [-0.39, 0.29) is 23.4 Å². The Morgan fingerprint density at radius 2 is 1.84 bits per heavy atom. The van der Waals surface area contributed by atoms with Crippen molar-refractivity contribution in [2.24, 2.45) is 11.8 Å². The third-order valence-corrected chi connectivity index (χ3v) is 6.20. The van der Waals surface area contributed by atoms with E-state index in [2.05, 4.69) is 11.1 Å². The van der Waals surface area contributed by atoms with Crippen LogP contribution < -0.4 is 0 Å². The number of benzene rings is 1. The summed E-state index contributed by atoms with van der Waals surface area (Å²) in [5.41, 5.74) is 2.46. The summed E-state index contributed by atoms with van der Waals surface area (Å²) in [5, 5.41) is 19.6. The molecule has 1 amide bonds. The van der Waals surface area contributed by atoms with E-state index >= 15 is 0 Å². The zero-order chi connectivity index (χ0) is 21.8. The van der Waals surface area contributed by atoms with E-state index in [9.17, 15) is 9.18 Å². The molecule has 0 unspecified atom stereocenters. The summed E-state index contributed by atoms with van der Waals surface area (Å²) in [4.78, 5) is 22.9. The minimum Gasteiger partial charge on any atom is -0.272 e. The lowest BCUT2D eigenvalue weighted by molar-refractivity contribution is -0.183. The van der Waals surface area contributed by atoms with Crippen LogP contribution in [0.3, 0.4) is 0 Å². The number of nitrogens with zero attached hydrogens (tertiary/aromatic N) is 4. The molecule has 6 nitrogen and oxygen atoms in total. The van der Waals surface area contributed by atoms with Gasteiger partial charge in [0.1, 0.15) is 11.9 Å². The quantitative estimate of drug-likeness (QED) is 0.742. The number of rotatable bonds is 4. The van der Waals surface area contributed by atoms with E-state index in [0.29, 0.717) is 30.1 Å². The van der Waals surface area contributed by atoms with Gasteiger partial charge in [-0.3, -0.25) is 14.6 Å². The van der Waals surface area contributed by atoms with Gasteiger partial charge >= 0.3 is 0 Å². The van der Waals surface area contributed by atoms with Crippen molar-refractivity contribution in [3.05, 3.63) is 64.7 Å². The lowest BCUT2D eigenvalue weighted by atomic mass is 9.79. The van der Waals surface area contributed by atoms with Gasteiger partial charge in [0.15, 0.2) is 0 Å². The second-order valence-electron chi connectivity index (χ2n) is 8.30. The maximum Gasteiger partial charge on any atom is 0.249 e. The molecule has 4 rings (SSSR count). The van der Waals surface area contributed by atoms with Crippen LogP contribution in [0.1, 0.15) is 60.4 Å². The number of halogens is 1. The van der Waals surface area contributed by atoms with E-state index in [1.165, 1.54) is 17.2 Å². The monoisotopic (exact) mass is 418 g/mol. The molecule has 1 atom stereocenters. The summed E-state index contributed by atoms with van der Waals surface area (Å²) >= 11 is 0. The molecule has 31 heavy (non-hydrogen) atoms. The maximum absolute atomic E-state index is 13.9. The van der Waals surface area contributed by atoms with Crippen LogP contribution in [-0.4, -0.2) is 22.6 Å². The van der Waals surface area contributed by atoms with Crippen LogP contribution in [0.25, 0.3) is 0 Å². The average molecular weight is 418 g/mol. The SMILES string of the molecule is N#Cc1cncc(C[C@H]2CC[C@H](C(=O)N3OCC[C@H]3c3cc(F)cc(C#N)c3)CC2)c1. The summed E-state index contributed by atoms with van der Waals surface area (Å²) in [6.07, 6.45) is 8.18. The number of carbonyl (C=O) groups excluding carboxylic acids is 1. The molecular weight excluding hydrogens is 395 g/mol. The highest BCUT2D eigenvalue weighted by Crippen LogP contribution is 2.37. The molecule has 7 heteroatoms. The van der Waals surface area contributed by atoms with Crippen molar-refractivity contribution in [3.63, 3.8) is 0 Å². The van der Waals surface area contributed by atoms with Gasteiger partial charge in [-0.05, 0) is 73.4 Å². The fourth-order valence-corrected chi connectivity index (χ4v) is 4.65. The molecule has 1 aliphatic heterocycles. The predicted molar refractivity (Wildman–Crippen MR) is 109 cm³/mol. The van der Waals surface area contributed by atoms with E-state index in [1.54, 1.807) is 18.5 Å². The normalized spacial score (nSPS) is 23.2. The van der Waals surface area contributed by atoms with Crippen LogP contribution in [-0.2, 0) is 16.1 Å². The Balaban J connectivity index is 1.38. The Morgan fingerprint density at radius 3 is 2.58 bits per heavy atom. The van der Waals surface area contributed by atoms with E-state index in [1.807, 2.05) is 12.1 Å². The average Bonchev–Trinajstić information content (AvgIpc) is 3.29. The summed E-state index contributed by atoms with van der Waals surface area (Å²) in [5.74, 6) is -0.207. The van der Waals surface area contributed by atoms with Crippen LogP contribution in [0.5, 0.6) is 0 Å². The van der Waals surface area contributed by atoms with Crippen molar-refractivity contribution in [2.75, 3.05) is 6.61 Å². The highest BCUT2D eigenvalue weighted by Gasteiger charge is 2.37. The first kappa shape index (κ1) is 21.0. The number of hydroxylamine groups is 2. The molecular formula is C24H23FN4O2. The van der Waals surface area contributed by atoms with Crippen LogP contribution in [0, 0.1) is 40.3 Å². The maximum atomic E-state index is 13.9. The molecule has 2 heterocycles. The molecule has 0 bridgehead atoms. The van der Waals surface area contributed by atoms with Crippen molar-refractivity contribution < 1.29 is 14.0 Å². The van der Waals surface area contributed by atoms with Crippen LogP contribution in [0.2, 0.25) is 0 Å². The number of amides is 1. The van der Waals surface area contributed by atoms with Gasteiger partial charge in [0.25, 0.3) is 0 Å². The fourth-order valence-electron chi connectivity index (χ4n) is 4.65. The molecule has 0 N–H and O–H groups in total. The molecule has 1 aromatic heterocycles. The van der Waals surface area contributed by atoms with Crippen molar-refractivity contribution in [1.29, 1.82) is 10.5 Å². The largest absolute Gasteiger partial charge is 0.272 e. The Morgan fingerprint density at radius 1 is 1.06 bits per heavy atom. The molecule has 0 spiro atoms. The summed E-state index contributed by atoms with van der Waals surface area (Å²) in [6, 6.07) is 9.78. The molecule has 0 radical (unpaired) electrons. The molecule has 1 aliphatic carbocycles. The van der Waals surface area contributed by atoms with Gasteiger partial charge in [-0.1, -0.05) is 0 Å². The Bertz CT molecular complexity index is 1050. The molecule has 158 valence electrons. The second kappa shape index (κ2) is 9.24. The van der Waals surface area contributed by atoms with Gasteiger partial charge in [-0.15, -0.1) is 0 Å². The van der Waals surface area contributed by atoms with Crippen LogP contribution >= 0.6 is 0 Å². The number of aromatic nitrogens is 1. The van der Waals surface area contributed by atoms with Gasteiger partial charge in [-0.25, -0.2) is 9.45 Å². The van der Waals surface area contributed by atoms with E-state index < -0.39 is 5.82 Å². The zero-order valence-corrected chi connectivity index (χ0v) is 17.1. The van der Waals surface area contributed by atoms with Crippen molar-refractivity contribution in [1.82, 2.24) is 10.0 Å². The van der Waals surface area contributed by atoms with Crippen LogP contribution in [0.15, 0.2) is 36.7 Å². The lowest BCUT2D eigenvalue weighted by Crippen LogP contribution is -2.36. The lowest BCUT2D eigenvalue weighted by Gasteiger charge is -2.32. The van der Waals surface area contributed by atoms with Crippen molar-refractivity contribution >= 4 is 5.91 Å². The number of hydrogen-bond acceptors (Lipinski definition) is 5. The first-order chi connectivity index (χ1) is 15.1. The number of pyridine rings is 1. The summed E-state index contributed by atoms with van der Waals surface area (Å²) in [6.45, 7) is 0.395. The zero-order valence-electron chi connectivity index (χ0n) is 17.1. The third-order valence-electron chi connectivity index (χ3n) is 6.20. The van der Waals surface area contributed by atoms with Gasteiger partial charge in [0.2, 0.25) is 5.91 Å².